The van der Waals surface area contributed by atoms with Gasteiger partial charge in [-0.05, 0) is 52.7 Å². The molecule has 0 fully saturated rings. The Balaban J connectivity index is 2.08. The van der Waals surface area contributed by atoms with Gasteiger partial charge in [0.2, 0.25) is 0 Å². The zero-order valence-corrected chi connectivity index (χ0v) is 12.2. The lowest BCUT2D eigenvalue weighted by atomic mass is 10.1. The highest BCUT2D eigenvalue weighted by Crippen LogP contribution is 2.20. The van der Waals surface area contributed by atoms with Crippen molar-refractivity contribution in [3.05, 3.63) is 52.4 Å². The molecule has 1 amide bonds. The standard InChI is InChI=1S/C14H14BrNO3/c1-9(10-4-3-5-11(8-10)18-2)16-14(17)12-6-7-13(15)19-12/h3-9H,1-2H3,(H,16,17)/t9-/m0/s1. The molecule has 0 aliphatic rings. The molecule has 2 aromatic rings. The lowest BCUT2D eigenvalue weighted by Gasteiger charge is -2.14. The second-order valence-corrected chi connectivity index (χ2v) is 4.86. The highest BCUT2D eigenvalue weighted by atomic mass is 79.9. The monoisotopic (exact) mass is 323 g/mol. The first-order chi connectivity index (χ1) is 9.10. The van der Waals surface area contributed by atoms with Crippen molar-refractivity contribution >= 4 is 21.8 Å². The summed E-state index contributed by atoms with van der Waals surface area (Å²) in [6.07, 6.45) is 0. The minimum Gasteiger partial charge on any atom is -0.497 e. The summed E-state index contributed by atoms with van der Waals surface area (Å²) in [5.74, 6) is 0.794. The van der Waals surface area contributed by atoms with E-state index in [1.165, 1.54) is 0 Å². The van der Waals surface area contributed by atoms with Crippen molar-refractivity contribution in [1.29, 1.82) is 0 Å². The van der Waals surface area contributed by atoms with Gasteiger partial charge < -0.3 is 14.5 Å². The van der Waals surface area contributed by atoms with Gasteiger partial charge in [0.1, 0.15) is 5.75 Å². The molecule has 0 bridgehead atoms. The molecule has 1 heterocycles. The van der Waals surface area contributed by atoms with Crippen LogP contribution in [0.1, 0.15) is 29.1 Å². The molecule has 1 atom stereocenters. The summed E-state index contributed by atoms with van der Waals surface area (Å²) in [5, 5.41) is 2.87. The molecule has 0 radical (unpaired) electrons. The third-order valence-electron chi connectivity index (χ3n) is 2.74. The fraction of sp³-hybridized carbons (Fsp3) is 0.214. The summed E-state index contributed by atoms with van der Waals surface area (Å²) < 4.78 is 10.9. The van der Waals surface area contributed by atoms with Crippen molar-refractivity contribution < 1.29 is 13.9 Å². The number of halogens is 1. The van der Waals surface area contributed by atoms with Crippen LogP contribution < -0.4 is 10.1 Å². The van der Waals surface area contributed by atoms with E-state index >= 15 is 0 Å². The Morgan fingerprint density at radius 3 is 2.79 bits per heavy atom. The van der Waals surface area contributed by atoms with Gasteiger partial charge in [0.05, 0.1) is 13.2 Å². The van der Waals surface area contributed by atoms with Crippen LogP contribution in [0.15, 0.2) is 45.5 Å². The number of benzene rings is 1. The van der Waals surface area contributed by atoms with Gasteiger partial charge in [0.25, 0.3) is 5.91 Å². The van der Waals surface area contributed by atoms with Gasteiger partial charge in [-0.25, -0.2) is 0 Å². The van der Waals surface area contributed by atoms with Crippen molar-refractivity contribution in [2.24, 2.45) is 0 Å². The molecule has 0 saturated carbocycles. The van der Waals surface area contributed by atoms with Crippen LogP contribution in [-0.2, 0) is 0 Å². The Labute approximate surface area is 119 Å². The first kappa shape index (κ1) is 13.7. The summed E-state index contributed by atoms with van der Waals surface area (Å²) >= 11 is 3.17. The van der Waals surface area contributed by atoms with Crippen LogP contribution in [0, 0.1) is 0 Å². The lowest BCUT2D eigenvalue weighted by Crippen LogP contribution is -2.26. The summed E-state index contributed by atoms with van der Waals surface area (Å²) in [6.45, 7) is 1.91. The lowest BCUT2D eigenvalue weighted by molar-refractivity contribution is 0.0910. The minimum atomic E-state index is -0.249. The predicted molar refractivity (Wildman–Crippen MR) is 75.3 cm³/mol. The maximum atomic E-state index is 11.9. The third kappa shape index (κ3) is 3.38. The topological polar surface area (TPSA) is 51.5 Å². The van der Waals surface area contributed by atoms with Crippen LogP contribution in [0.2, 0.25) is 0 Å². The molecule has 1 aromatic heterocycles. The quantitative estimate of drug-likeness (QED) is 0.936. The first-order valence-corrected chi connectivity index (χ1v) is 6.59. The summed E-state index contributed by atoms with van der Waals surface area (Å²) in [7, 11) is 1.61. The van der Waals surface area contributed by atoms with Gasteiger partial charge in [0, 0.05) is 0 Å². The average Bonchev–Trinajstić information content (AvgIpc) is 2.85. The molecule has 1 aromatic carbocycles. The smallest absolute Gasteiger partial charge is 0.287 e. The maximum absolute atomic E-state index is 11.9. The van der Waals surface area contributed by atoms with E-state index < -0.39 is 0 Å². The van der Waals surface area contributed by atoms with Gasteiger partial charge in [-0.2, -0.15) is 0 Å². The maximum Gasteiger partial charge on any atom is 0.287 e. The van der Waals surface area contributed by atoms with E-state index in [0.29, 0.717) is 4.67 Å². The molecular formula is C14H14BrNO3. The molecule has 1 N–H and O–H groups in total. The second kappa shape index (κ2) is 5.93. The van der Waals surface area contributed by atoms with Crippen LogP contribution in [0.4, 0.5) is 0 Å². The van der Waals surface area contributed by atoms with E-state index in [2.05, 4.69) is 21.2 Å². The number of ether oxygens (including phenoxy) is 1. The number of amides is 1. The number of hydrogen-bond acceptors (Lipinski definition) is 3. The number of hydrogen-bond donors (Lipinski definition) is 1. The molecule has 19 heavy (non-hydrogen) atoms. The van der Waals surface area contributed by atoms with E-state index in [1.807, 2.05) is 31.2 Å². The fourth-order valence-corrected chi connectivity index (χ4v) is 2.00. The van der Waals surface area contributed by atoms with Crippen molar-refractivity contribution in [2.75, 3.05) is 7.11 Å². The van der Waals surface area contributed by atoms with Crippen LogP contribution in [-0.4, -0.2) is 13.0 Å². The average molecular weight is 324 g/mol. The van der Waals surface area contributed by atoms with Gasteiger partial charge >= 0.3 is 0 Å². The number of carbonyl (C=O) groups excluding carboxylic acids is 1. The summed E-state index contributed by atoms with van der Waals surface area (Å²) in [4.78, 5) is 11.9. The van der Waals surface area contributed by atoms with Crippen molar-refractivity contribution in [2.45, 2.75) is 13.0 Å². The number of nitrogens with one attached hydrogen (secondary N) is 1. The molecule has 5 heteroatoms. The van der Waals surface area contributed by atoms with Crippen LogP contribution in [0.3, 0.4) is 0 Å². The summed E-state index contributed by atoms with van der Waals surface area (Å²) in [5.41, 5.74) is 0.971. The number of methoxy groups -OCH3 is 1. The van der Waals surface area contributed by atoms with E-state index in [9.17, 15) is 4.79 Å². The summed E-state index contributed by atoms with van der Waals surface area (Å²) in [6, 6.07) is 10.8. The number of furan rings is 1. The molecule has 0 aliphatic carbocycles. The Bertz CT molecular complexity index is 580. The number of rotatable bonds is 4. The zero-order valence-electron chi connectivity index (χ0n) is 10.6. The van der Waals surface area contributed by atoms with Gasteiger partial charge in [-0.15, -0.1) is 0 Å². The van der Waals surface area contributed by atoms with Gasteiger partial charge in [0.15, 0.2) is 10.4 Å². The van der Waals surface area contributed by atoms with Crippen LogP contribution in [0.25, 0.3) is 0 Å². The number of carbonyl (C=O) groups is 1. The largest absolute Gasteiger partial charge is 0.497 e. The minimum absolute atomic E-state index is 0.133. The van der Waals surface area contributed by atoms with E-state index in [-0.39, 0.29) is 17.7 Å². The second-order valence-electron chi connectivity index (χ2n) is 4.08. The molecule has 100 valence electrons. The molecule has 2 rings (SSSR count). The zero-order chi connectivity index (χ0) is 13.8. The SMILES string of the molecule is COc1cccc([C@H](C)NC(=O)c2ccc(Br)o2)c1. The Kier molecular flexibility index (Phi) is 4.27. The van der Waals surface area contributed by atoms with E-state index in [4.69, 9.17) is 9.15 Å². The fourth-order valence-electron chi connectivity index (χ4n) is 1.70. The highest BCUT2D eigenvalue weighted by Gasteiger charge is 2.14. The third-order valence-corrected chi connectivity index (χ3v) is 3.16. The molecular weight excluding hydrogens is 310 g/mol. The van der Waals surface area contributed by atoms with Crippen molar-refractivity contribution in [3.63, 3.8) is 0 Å². The Morgan fingerprint density at radius 1 is 1.37 bits per heavy atom. The molecule has 0 saturated heterocycles. The van der Waals surface area contributed by atoms with Crippen LogP contribution >= 0.6 is 15.9 Å². The Morgan fingerprint density at radius 2 is 2.16 bits per heavy atom. The predicted octanol–water partition coefficient (Wildman–Crippen LogP) is 3.54. The first-order valence-electron chi connectivity index (χ1n) is 5.80. The van der Waals surface area contributed by atoms with Crippen molar-refractivity contribution in [3.8, 4) is 5.75 Å². The van der Waals surface area contributed by atoms with E-state index in [0.717, 1.165) is 11.3 Å². The molecule has 0 unspecified atom stereocenters. The normalized spacial score (nSPS) is 11.9. The highest BCUT2D eigenvalue weighted by molar-refractivity contribution is 9.10. The van der Waals surface area contributed by atoms with Gasteiger partial charge in [-0.3, -0.25) is 4.79 Å². The van der Waals surface area contributed by atoms with Crippen molar-refractivity contribution in [1.82, 2.24) is 5.32 Å². The van der Waals surface area contributed by atoms with Crippen LogP contribution in [0.5, 0.6) is 5.75 Å². The molecule has 0 spiro atoms. The van der Waals surface area contributed by atoms with E-state index in [1.54, 1.807) is 19.2 Å². The molecule has 4 nitrogen and oxygen atoms in total. The molecule has 0 aliphatic heterocycles. The van der Waals surface area contributed by atoms with Gasteiger partial charge in [-0.1, -0.05) is 12.1 Å². The Hall–Kier alpha value is -1.75.